The van der Waals surface area contributed by atoms with Crippen LogP contribution in [-0.2, 0) is 6.42 Å². The quantitative estimate of drug-likeness (QED) is 0.465. The van der Waals surface area contributed by atoms with Crippen molar-refractivity contribution in [3.05, 3.63) is 63.7 Å². The third kappa shape index (κ3) is 3.22. The summed E-state index contributed by atoms with van der Waals surface area (Å²) in [6, 6.07) is 11.0. The van der Waals surface area contributed by atoms with Gasteiger partial charge in [-0.05, 0) is 18.2 Å². The summed E-state index contributed by atoms with van der Waals surface area (Å²) in [5.74, 6) is 0.732. The number of carbonyl (C=O) groups excluding carboxylic acids is 1. The molecule has 2 rings (SSSR count). The highest BCUT2D eigenvalue weighted by atomic mass is 16.6. The van der Waals surface area contributed by atoms with Crippen molar-refractivity contribution in [3.8, 4) is 11.5 Å². The zero-order valence-corrected chi connectivity index (χ0v) is 12.2. The van der Waals surface area contributed by atoms with Gasteiger partial charge in [0.25, 0.3) is 5.69 Å². The lowest BCUT2D eigenvalue weighted by Gasteiger charge is -2.09. The van der Waals surface area contributed by atoms with E-state index in [0.29, 0.717) is 22.6 Å². The number of hydrogen-bond acceptors (Lipinski definition) is 5. The average molecular weight is 301 g/mol. The number of hydrogen-bond donors (Lipinski definition) is 0. The van der Waals surface area contributed by atoms with Gasteiger partial charge < -0.3 is 9.47 Å². The molecule has 2 aromatic carbocycles. The van der Waals surface area contributed by atoms with Crippen LogP contribution in [0.1, 0.15) is 15.9 Å². The molecular formula is C16H15NO5. The van der Waals surface area contributed by atoms with Crippen LogP contribution in [0.4, 0.5) is 5.69 Å². The lowest BCUT2D eigenvalue weighted by Crippen LogP contribution is -2.06. The van der Waals surface area contributed by atoms with E-state index in [1.807, 2.05) is 0 Å². The smallest absolute Gasteiger partial charge is 0.273 e. The van der Waals surface area contributed by atoms with Crippen molar-refractivity contribution in [1.29, 1.82) is 0 Å². The largest absolute Gasteiger partial charge is 0.493 e. The number of para-hydroxylation sites is 1. The van der Waals surface area contributed by atoms with Gasteiger partial charge in [-0.15, -0.1) is 0 Å². The molecule has 0 bridgehead atoms. The summed E-state index contributed by atoms with van der Waals surface area (Å²) >= 11 is 0. The summed E-state index contributed by atoms with van der Waals surface area (Å²) in [5.41, 5.74) is 0.736. The zero-order valence-electron chi connectivity index (χ0n) is 12.2. The van der Waals surface area contributed by atoms with E-state index >= 15 is 0 Å². The predicted molar refractivity (Wildman–Crippen MR) is 80.7 cm³/mol. The van der Waals surface area contributed by atoms with E-state index in [-0.39, 0.29) is 17.9 Å². The molecule has 0 N–H and O–H groups in total. The van der Waals surface area contributed by atoms with Gasteiger partial charge in [0.05, 0.1) is 19.1 Å². The van der Waals surface area contributed by atoms with Crippen LogP contribution < -0.4 is 9.47 Å². The summed E-state index contributed by atoms with van der Waals surface area (Å²) < 4.78 is 10.3. The van der Waals surface area contributed by atoms with Gasteiger partial charge in [0.1, 0.15) is 0 Å². The van der Waals surface area contributed by atoms with E-state index in [9.17, 15) is 14.9 Å². The SMILES string of the molecule is COc1ccc(C(=O)Cc2ccccc2[N+](=O)[O-])cc1OC. The molecule has 114 valence electrons. The minimum absolute atomic E-state index is 0.0490. The van der Waals surface area contributed by atoms with Crippen LogP contribution in [0, 0.1) is 10.1 Å². The van der Waals surface area contributed by atoms with Gasteiger partial charge in [-0.25, -0.2) is 0 Å². The van der Waals surface area contributed by atoms with Gasteiger partial charge in [-0.3, -0.25) is 14.9 Å². The molecule has 0 saturated carbocycles. The summed E-state index contributed by atoms with van der Waals surface area (Å²) in [7, 11) is 2.99. The van der Waals surface area contributed by atoms with E-state index in [1.54, 1.807) is 36.4 Å². The number of carbonyl (C=O) groups is 1. The second-order valence-electron chi connectivity index (χ2n) is 4.56. The maximum absolute atomic E-state index is 12.3. The molecule has 0 aromatic heterocycles. The number of Topliss-reactive ketones (excluding diaryl/α,β-unsaturated/α-hetero) is 1. The van der Waals surface area contributed by atoms with Crippen LogP contribution in [0.3, 0.4) is 0 Å². The third-order valence-electron chi connectivity index (χ3n) is 3.24. The van der Waals surface area contributed by atoms with Gasteiger partial charge in [0.2, 0.25) is 0 Å². The first-order chi connectivity index (χ1) is 10.6. The van der Waals surface area contributed by atoms with Crippen molar-refractivity contribution in [2.24, 2.45) is 0 Å². The van der Waals surface area contributed by atoms with Crippen LogP contribution in [-0.4, -0.2) is 24.9 Å². The van der Waals surface area contributed by atoms with Crippen molar-refractivity contribution >= 4 is 11.5 Å². The van der Waals surface area contributed by atoms with E-state index in [1.165, 1.54) is 20.3 Å². The maximum Gasteiger partial charge on any atom is 0.273 e. The molecule has 0 aliphatic rings. The molecule has 0 aliphatic carbocycles. The first kappa shape index (κ1) is 15.5. The number of ether oxygens (including phenoxy) is 2. The van der Waals surface area contributed by atoms with Crippen LogP contribution in [0.2, 0.25) is 0 Å². The van der Waals surface area contributed by atoms with E-state index in [0.717, 1.165) is 0 Å². The Balaban J connectivity index is 2.28. The molecule has 6 nitrogen and oxygen atoms in total. The Kier molecular flexibility index (Phi) is 4.73. The molecule has 6 heteroatoms. The van der Waals surface area contributed by atoms with Gasteiger partial charge in [-0.2, -0.15) is 0 Å². The highest BCUT2D eigenvalue weighted by molar-refractivity contribution is 5.98. The lowest BCUT2D eigenvalue weighted by molar-refractivity contribution is -0.385. The molecular weight excluding hydrogens is 286 g/mol. The number of rotatable bonds is 6. The second-order valence-corrected chi connectivity index (χ2v) is 4.56. The number of ketones is 1. The summed E-state index contributed by atoms with van der Waals surface area (Å²) in [5, 5.41) is 11.0. The molecule has 0 amide bonds. The number of nitro groups is 1. The lowest BCUT2D eigenvalue weighted by atomic mass is 10.0. The highest BCUT2D eigenvalue weighted by Crippen LogP contribution is 2.28. The second kappa shape index (κ2) is 6.71. The molecule has 0 heterocycles. The maximum atomic E-state index is 12.3. The molecule has 0 atom stereocenters. The fraction of sp³-hybridized carbons (Fsp3) is 0.188. The van der Waals surface area contributed by atoms with Crippen molar-refractivity contribution in [1.82, 2.24) is 0 Å². The van der Waals surface area contributed by atoms with Gasteiger partial charge in [0, 0.05) is 23.6 Å². The van der Waals surface area contributed by atoms with Crippen LogP contribution in [0.5, 0.6) is 11.5 Å². The Morgan fingerprint density at radius 2 is 1.77 bits per heavy atom. The molecule has 22 heavy (non-hydrogen) atoms. The minimum atomic E-state index is -0.489. The Labute approximate surface area is 127 Å². The Morgan fingerprint density at radius 3 is 2.41 bits per heavy atom. The number of benzene rings is 2. The van der Waals surface area contributed by atoms with Crippen LogP contribution in [0.25, 0.3) is 0 Å². The first-order valence-corrected chi connectivity index (χ1v) is 6.54. The third-order valence-corrected chi connectivity index (χ3v) is 3.24. The first-order valence-electron chi connectivity index (χ1n) is 6.54. The average Bonchev–Trinajstić information content (AvgIpc) is 2.54. The molecule has 0 saturated heterocycles. The van der Waals surface area contributed by atoms with E-state index < -0.39 is 4.92 Å². The number of nitro benzene ring substituents is 1. The Bertz CT molecular complexity index is 711. The number of nitrogens with zero attached hydrogens (tertiary/aromatic N) is 1. The number of methoxy groups -OCH3 is 2. The summed E-state index contributed by atoms with van der Waals surface area (Å²) in [4.78, 5) is 22.8. The van der Waals surface area contributed by atoms with Gasteiger partial charge >= 0.3 is 0 Å². The normalized spacial score (nSPS) is 10.1. The van der Waals surface area contributed by atoms with E-state index in [2.05, 4.69) is 0 Å². The van der Waals surface area contributed by atoms with E-state index in [4.69, 9.17) is 9.47 Å². The minimum Gasteiger partial charge on any atom is -0.493 e. The molecule has 2 aromatic rings. The van der Waals surface area contributed by atoms with Crippen molar-refractivity contribution in [2.45, 2.75) is 6.42 Å². The van der Waals surface area contributed by atoms with Crippen molar-refractivity contribution < 1.29 is 19.2 Å². The highest BCUT2D eigenvalue weighted by Gasteiger charge is 2.17. The Hall–Kier alpha value is -2.89. The predicted octanol–water partition coefficient (Wildman–Crippen LogP) is 3.04. The Morgan fingerprint density at radius 1 is 1.09 bits per heavy atom. The van der Waals surface area contributed by atoms with Gasteiger partial charge in [-0.1, -0.05) is 18.2 Å². The van der Waals surface area contributed by atoms with Gasteiger partial charge in [0.15, 0.2) is 17.3 Å². The van der Waals surface area contributed by atoms with Crippen molar-refractivity contribution in [3.63, 3.8) is 0 Å². The zero-order chi connectivity index (χ0) is 16.1. The molecule has 0 radical (unpaired) electrons. The van der Waals surface area contributed by atoms with Crippen molar-refractivity contribution in [2.75, 3.05) is 14.2 Å². The summed E-state index contributed by atoms with van der Waals surface area (Å²) in [6.45, 7) is 0. The summed E-state index contributed by atoms with van der Waals surface area (Å²) in [6.07, 6.45) is -0.0490. The monoisotopic (exact) mass is 301 g/mol. The molecule has 0 fully saturated rings. The fourth-order valence-corrected chi connectivity index (χ4v) is 2.12. The fourth-order valence-electron chi connectivity index (χ4n) is 2.12. The van der Waals surface area contributed by atoms with Crippen LogP contribution >= 0.6 is 0 Å². The molecule has 0 unspecified atom stereocenters. The topological polar surface area (TPSA) is 78.7 Å². The van der Waals surface area contributed by atoms with Crippen LogP contribution in [0.15, 0.2) is 42.5 Å². The standard InChI is InChI=1S/C16H15NO5/c1-21-15-8-7-12(10-16(15)22-2)14(18)9-11-5-3-4-6-13(11)17(19)20/h3-8,10H,9H2,1-2H3. The molecule has 0 spiro atoms. The molecule has 0 aliphatic heterocycles.